The molecule has 1 amide bonds. The predicted octanol–water partition coefficient (Wildman–Crippen LogP) is 3.75. The van der Waals surface area contributed by atoms with E-state index in [0.29, 0.717) is 24.8 Å². The molecule has 0 aliphatic carbocycles. The SMILES string of the molecule is Cc1nc(CN[C@@H](Cc2cscn2)C(=O)N(CC(C)C)CC(C)C)cs1. The lowest BCUT2D eigenvalue weighted by atomic mass is 10.1. The number of thiazole rings is 2. The van der Waals surface area contributed by atoms with Crippen molar-refractivity contribution in [2.45, 2.75) is 53.6 Å². The second-order valence-corrected chi connectivity index (χ2v) is 9.29. The van der Waals surface area contributed by atoms with Gasteiger partial charge in [0.15, 0.2) is 0 Å². The van der Waals surface area contributed by atoms with Gasteiger partial charge in [0.2, 0.25) is 5.91 Å². The third-order valence-corrected chi connectivity index (χ3v) is 5.33. The third kappa shape index (κ3) is 6.78. The molecular weight excluding hydrogens is 364 g/mol. The molecule has 0 spiro atoms. The van der Waals surface area contributed by atoms with Crippen LogP contribution < -0.4 is 5.32 Å². The Morgan fingerprint density at radius 3 is 2.35 bits per heavy atom. The number of rotatable bonds is 10. The number of nitrogens with one attached hydrogen (secondary N) is 1. The normalized spacial score (nSPS) is 12.7. The minimum absolute atomic E-state index is 0.160. The Labute approximate surface area is 164 Å². The van der Waals surface area contributed by atoms with Gasteiger partial charge < -0.3 is 4.90 Å². The number of aromatic nitrogens is 2. The van der Waals surface area contributed by atoms with Crippen LogP contribution in [-0.4, -0.2) is 39.9 Å². The molecule has 1 atom stereocenters. The molecular formula is C19H30N4OS2. The summed E-state index contributed by atoms with van der Waals surface area (Å²) in [5.41, 5.74) is 3.77. The molecule has 0 saturated carbocycles. The topological polar surface area (TPSA) is 58.1 Å². The molecule has 0 fully saturated rings. The number of aryl methyl sites for hydroxylation is 1. The highest BCUT2D eigenvalue weighted by molar-refractivity contribution is 7.09. The molecule has 2 aromatic rings. The molecule has 2 heterocycles. The van der Waals surface area contributed by atoms with Crippen molar-refractivity contribution in [2.24, 2.45) is 11.8 Å². The van der Waals surface area contributed by atoms with E-state index in [1.807, 2.05) is 28.1 Å². The van der Waals surface area contributed by atoms with Gasteiger partial charge in [0.1, 0.15) is 0 Å². The summed E-state index contributed by atoms with van der Waals surface area (Å²) in [5.74, 6) is 1.05. The van der Waals surface area contributed by atoms with Crippen molar-refractivity contribution in [3.05, 3.63) is 32.7 Å². The first-order valence-electron chi connectivity index (χ1n) is 9.15. The van der Waals surface area contributed by atoms with Gasteiger partial charge in [-0.2, -0.15) is 0 Å². The van der Waals surface area contributed by atoms with Crippen LogP contribution in [0.2, 0.25) is 0 Å². The Morgan fingerprint density at radius 2 is 1.85 bits per heavy atom. The molecule has 7 heteroatoms. The zero-order chi connectivity index (χ0) is 19.1. The predicted molar refractivity (Wildman–Crippen MR) is 110 cm³/mol. The number of nitrogens with zero attached hydrogens (tertiary/aromatic N) is 3. The Morgan fingerprint density at radius 1 is 1.15 bits per heavy atom. The van der Waals surface area contributed by atoms with E-state index in [4.69, 9.17) is 0 Å². The molecule has 2 rings (SSSR count). The third-order valence-electron chi connectivity index (χ3n) is 3.87. The highest BCUT2D eigenvalue weighted by Gasteiger charge is 2.26. The minimum atomic E-state index is -0.281. The number of amides is 1. The van der Waals surface area contributed by atoms with Crippen molar-refractivity contribution in [1.29, 1.82) is 0 Å². The van der Waals surface area contributed by atoms with Gasteiger partial charge in [-0.25, -0.2) is 9.97 Å². The van der Waals surface area contributed by atoms with Crippen LogP contribution in [0.1, 0.15) is 44.1 Å². The number of hydrogen-bond donors (Lipinski definition) is 1. The Bertz CT molecular complexity index is 657. The van der Waals surface area contributed by atoms with Crippen molar-refractivity contribution in [3.8, 4) is 0 Å². The Hall–Kier alpha value is -1.31. The maximum atomic E-state index is 13.3. The molecule has 0 aliphatic rings. The number of carbonyl (C=O) groups is 1. The molecule has 5 nitrogen and oxygen atoms in total. The standard InChI is InChI=1S/C19H30N4OS2/c1-13(2)8-23(9-14(3)4)19(24)18(6-16-10-25-12-21-16)20-7-17-11-26-15(5)22-17/h10-14,18,20H,6-9H2,1-5H3/t18-/m0/s1. The summed E-state index contributed by atoms with van der Waals surface area (Å²) in [6.45, 7) is 12.8. The van der Waals surface area contributed by atoms with E-state index < -0.39 is 0 Å². The molecule has 0 radical (unpaired) electrons. The van der Waals surface area contributed by atoms with E-state index >= 15 is 0 Å². The van der Waals surface area contributed by atoms with Gasteiger partial charge in [-0.05, 0) is 18.8 Å². The fraction of sp³-hybridized carbons (Fsp3) is 0.632. The van der Waals surface area contributed by atoms with Crippen LogP contribution >= 0.6 is 22.7 Å². The minimum Gasteiger partial charge on any atom is -0.341 e. The van der Waals surface area contributed by atoms with Gasteiger partial charge >= 0.3 is 0 Å². The van der Waals surface area contributed by atoms with Gasteiger partial charge in [0.05, 0.1) is 27.9 Å². The summed E-state index contributed by atoms with van der Waals surface area (Å²) >= 11 is 3.20. The maximum Gasteiger partial charge on any atom is 0.240 e. The summed E-state index contributed by atoms with van der Waals surface area (Å²) in [6.07, 6.45) is 0.609. The summed E-state index contributed by atoms with van der Waals surface area (Å²) in [7, 11) is 0. The van der Waals surface area contributed by atoms with Crippen LogP contribution in [0.25, 0.3) is 0 Å². The molecule has 144 valence electrons. The zero-order valence-corrected chi connectivity index (χ0v) is 18.0. The summed E-state index contributed by atoms with van der Waals surface area (Å²) in [5, 5.41) is 8.55. The first-order chi connectivity index (χ1) is 12.3. The van der Waals surface area contributed by atoms with Crippen LogP contribution in [0.3, 0.4) is 0 Å². The average Bonchev–Trinajstić information content (AvgIpc) is 3.20. The molecule has 1 N–H and O–H groups in total. The average molecular weight is 395 g/mol. The largest absolute Gasteiger partial charge is 0.341 e. The maximum absolute atomic E-state index is 13.3. The van der Waals surface area contributed by atoms with Crippen LogP contribution in [-0.2, 0) is 17.8 Å². The summed E-state index contributed by atoms with van der Waals surface area (Å²) in [6, 6.07) is -0.281. The monoisotopic (exact) mass is 394 g/mol. The van der Waals surface area contributed by atoms with E-state index in [9.17, 15) is 4.79 Å². The van der Waals surface area contributed by atoms with E-state index in [-0.39, 0.29) is 11.9 Å². The van der Waals surface area contributed by atoms with Gasteiger partial charge in [0, 0.05) is 36.8 Å². The lowest BCUT2D eigenvalue weighted by molar-refractivity contribution is -0.134. The second-order valence-electron chi connectivity index (χ2n) is 7.51. The molecule has 26 heavy (non-hydrogen) atoms. The van der Waals surface area contributed by atoms with E-state index in [1.165, 1.54) is 0 Å². The van der Waals surface area contributed by atoms with Gasteiger partial charge in [-0.3, -0.25) is 10.1 Å². The fourth-order valence-corrected chi connectivity index (χ4v) is 4.05. The fourth-order valence-electron chi connectivity index (χ4n) is 2.87. The van der Waals surface area contributed by atoms with Crippen LogP contribution in [0.5, 0.6) is 0 Å². The molecule has 0 bridgehead atoms. The lowest BCUT2D eigenvalue weighted by Gasteiger charge is -2.30. The quantitative estimate of drug-likeness (QED) is 0.667. The zero-order valence-electron chi connectivity index (χ0n) is 16.4. The highest BCUT2D eigenvalue weighted by atomic mass is 32.1. The molecule has 0 unspecified atom stereocenters. The van der Waals surface area contributed by atoms with E-state index in [1.54, 1.807) is 22.7 Å². The van der Waals surface area contributed by atoms with Gasteiger partial charge in [0.25, 0.3) is 0 Å². The first kappa shape index (κ1) is 21.0. The molecule has 0 aromatic carbocycles. The van der Waals surface area contributed by atoms with Crippen molar-refractivity contribution >= 4 is 28.6 Å². The summed E-state index contributed by atoms with van der Waals surface area (Å²) in [4.78, 5) is 24.2. The van der Waals surface area contributed by atoms with Crippen molar-refractivity contribution < 1.29 is 4.79 Å². The van der Waals surface area contributed by atoms with Crippen molar-refractivity contribution in [3.63, 3.8) is 0 Å². The van der Waals surface area contributed by atoms with Crippen LogP contribution in [0, 0.1) is 18.8 Å². The Balaban J connectivity index is 2.11. The highest BCUT2D eigenvalue weighted by Crippen LogP contribution is 2.13. The summed E-state index contributed by atoms with van der Waals surface area (Å²) < 4.78 is 0. The second kappa shape index (κ2) is 10.1. The van der Waals surface area contributed by atoms with Crippen molar-refractivity contribution in [2.75, 3.05) is 13.1 Å². The molecule has 2 aromatic heterocycles. The van der Waals surface area contributed by atoms with Crippen LogP contribution in [0.4, 0.5) is 0 Å². The lowest BCUT2D eigenvalue weighted by Crippen LogP contribution is -2.49. The van der Waals surface area contributed by atoms with Gasteiger partial charge in [-0.1, -0.05) is 27.7 Å². The first-order valence-corrected chi connectivity index (χ1v) is 11.0. The number of carbonyl (C=O) groups excluding carboxylic acids is 1. The molecule has 0 aliphatic heterocycles. The van der Waals surface area contributed by atoms with E-state index in [2.05, 4.69) is 43.0 Å². The Kier molecular flexibility index (Phi) is 8.18. The van der Waals surface area contributed by atoms with E-state index in [0.717, 1.165) is 29.5 Å². The number of hydrogen-bond acceptors (Lipinski definition) is 6. The van der Waals surface area contributed by atoms with Crippen LogP contribution in [0.15, 0.2) is 16.3 Å². The smallest absolute Gasteiger partial charge is 0.240 e. The van der Waals surface area contributed by atoms with Crippen molar-refractivity contribution in [1.82, 2.24) is 20.2 Å². The van der Waals surface area contributed by atoms with Gasteiger partial charge in [-0.15, -0.1) is 22.7 Å². The molecule has 0 saturated heterocycles.